The van der Waals surface area contributed by atoms with Crippen molar-refractivity contribution in [3.8, 4) is 0 Å². The molecule has 0 spiro atoms. The summed E-state index contributed by atoms with van der Waals surface area (Å²) in [5, 5.41) is 0. The van der Waals surface area contributed by atoms with Crippen molar-refractivity contribution in [3.63, 3.8) is 0 Å². The van der Waals surface area contributed by atoms with Crippen molar-refractivity contribution < 1.29 is 208 Å². The van der Waals surface area contributed by atoms with E-state index >= 15 is 0 Å². The van der Waals surface area contributed by atoms with Crippen LogP contribution in [0.15, 0.2) is 0 Å². The van der Waals surface area contributed by atoms with Gasteiger partial charge in [0.2, 0.25) is 0 Å². The van der Waals surface area contributed by atoms with Crippen LogP contribution in [0.25, 0.3) is 0 Å². The highest BCUT2D eigenvalue weighted by Crippen LogP contribution is 1.97. The van der Waals surface area contributed by atoms with Gasteiger partial charge < -0.3 is 214 Å². The summed E-state index contributed by atoms with van der Waals surface area (Å²) in [7, 11) is 1.64. The van der Waals surface area contributed by atoms with E-state index in [2.05, 4.69) is 0 Å². The summed E-state index contributed by atoms with van der Waals surface area (Å²) in [6.07, 6.45) is 0. The van der Waals surface area contributed by atoms with E-state index in [0.717, 1.165) is 0 Å². The maximum atomic E-state index is 5.55. The molecule has 0 aliphatic heterocycles. The van der Waals surface area contributed by atoms with E-state index in [1.54, 1.807) is 7.11 Å². The lowest BCUT2D eigenvalue weighted by atomic mass is 10.6. The Morgan fingerprint density at radius 3 is 0.164 bits per heavy atom. The van der Waals surface area contributed by atoms with Crippen LogP contribution in [0.3, 0.4) is 0 Å². The zero-order chi connectivity index (χ0) is 95.3. The van der Waals surface area contributed by atoms with Crippen LogP contribution in [-0.4, -0.2) is 588 Å². The van der Waals surface area contributed by atoms with Gasteiger partial charge >= 0.3 is 0 Å². The minimum absolute atomic E-state index is 0.473. The van der Waals surface area contributed by atoms with Gasteiger partial charge in [0, 0.05) is 13.7 Å². The number of ether oxygens (including phenoxy) is 44. The second kappa shape index (κ2) is 131. The Bertz CT molecular complexity index is 1720. The molecule has 0 bridgehead atoms. The van der Waals surface area contributed by atoms with Crippen LogP contribution < -0.4 is 5.73 Å². The topological polar surface area (TPSA) is 432 Å². The fourth-order valence-electron chi connectivity index (χ4n) is 9.56. The van der Waals surface area contributed by atoms with Crippen molar-refractivity contribution in [2.75, 3.05) is 588 Å². The standard InChI is InChI=1S/C89H181NO44/c1-91-4-5-93-8-9-95-12-13-97-16-17-99-20-21-101-24-25-103-28-29-105-32-33-107-36-37-109-40-41-111-44-45-113-48-49-115-52-53-117-56-57-119-60-61-121-64-65-123-68-69-125-72-73-127-76-77-129-80-81-131-84-85-133-88-89-134-87-86-132-83-82-130-79-78-128-75-74-126-71-70-124-67-66-122-63-62-120-59-58-118-55-54-116-51-50-114-47-46-112-43-42-110-39-38-108-35-34-106-31-30-104-27-26-102-23-22-100-19-18-98-15-14-96-11-10-94-7-6-92-3-2-90/h2-90H2,1H3. The molecule has 0 aliphatic carbocycles. The van der Waals surface area contributed by atoms with Gasteiger partial charge in [0.15, 0.2) is 0 Å². The van der Waals surface area contributed by atoms with Gasteiger partial charge in [-0.05, 0) is 0 Å². The van der Waals surface area contributed by atoms with Crippen molar-refractivity contribution in [2.24, 2.45) is 5.73 Å². The first-order chi connectivity index (χ1) is 66.9. The van der Waals surface area contributed by atoms with Gasteiger partial charge in [-0.2, -0.15) is 0 Å². The highest BCUT2D eigenvalue weighted by Gasteiger charge is 2.06. The molecule has 0 aromatic heterocycles. The predicted octanol–water partition coefficient (Wildman–Crippen LogP) is 0.305. The lowest BCUT2D eigenvalue weighted by Crippen LogP contribution is -2.16. The molecule has 0 heterocycles. The Labute approximate surface area is 799 Å². The SMILES string of the molecule is COCCOCCOCCOCCOCCOCCOCCOCCOCCOCCOCCOCCOCCOCCOCCOCCOCCOCCOCCOCCOCCOCCOCCOCCOCCOCCOCCOCCOCCOCCOCCOCCOCCOCCOCCOCCOCCOCCOCCOCCOCCOCCOCCOCCN. The number of hydrogen-bond acceptors (Lipinski definition) is 45. The molecule has 0 rings (SSSR count). The number of rotatable bonds is 131. The first-order valence-electron chi connectivity index (χ1n) is 47.9. The summed E-state index contributed by atoms with van der Waals surface area (Å²) < 4.78 is 242. The Hall–Kier alpha value is -1.80. The Balaban J connectivity index is 3.10. The summed E-state index contributed by atoms with van der Waals surface area (Å²) in [5.41, 5.74) is 5.36. The maximum absolute atomic E-state index is 5.55. The Morgan fingerprint density at radius 2 is 0.119 bits per heavy atom. The fraction of sp³-hybridized carbons (Fsp3) is 1.00. The summed E-state index contributed by atoms with van der Waals surface area (Å²) >= 11 is 0. The summed E-state index contributed by atoms with van der Waals surface area (Å²) in [4.78, 5) is 0. The summed E-state index contributed by atoms with van der Waals surface area (Å²) in [6, 6.07) is 0. The largest absolute Gasteiger partial charge is 0.382 e. The summed E-state index contributed by atoms with van der Waals surface area (Å²) in [5.74, 6) is 0. The van der Waals surface area contributed by atoms with Gasteiger partial charge in [-0.15, -0.1) is 0 Å². The van der Waals surface area contributed by atoms with Crippen molar-refractivity contribution in [2.45, 2.75) is 0 Å². The van der Waals surface area contributed by atoms with Crippen LogP contribution in [0.4, 0.5) is 0 Å². The lowest BCUT2D eigenvalue weighted by molar-refractivity contribution is -0.0329. The van der Waals surface area contributed by atoms with Crippen LogP contribution >= 0.6 is 0 Å². The first-order valence-corrected chi connectivity index (χ1v) is 47.9. The molecule has 134 heavy (non-hydrogen) atoms. The molecular weight excluding hydrogens is 1790 g/mol. The molecule has 806 valence electrons. The maximum Gasteiger partial charge on any atom is 0.0701 e. The fourth-order valence-corrected chi connectivity index (χ4v) is 9.56. The minimum Gasteiger partial charge on any atom is -0.382 e. The molecule has 0 atom stereocenters. The average molecular weight is 1970 g/mol. The third kappa shape index (κ3) is 130. The van der Waals surface area contributed by atoms with E-state index in [-0.39, 0.29) is 0 Å². The molecule has 0 amide bonds. The monoisotopic (exact) mass is 1970 g/mol. The molecule has 45 nitrogen and oxygen atoms in total. The number of methoxy groups -OCH3 is 1. The van der Waals surface area contributed by atoms with E-state index < -0.39 is 0 Å². The van der Waals surface area contributed by atoms with E-state index in [0.29, 0.717) is 581 Å². The van der Waals surface area contributed by atoms with Crippen LogP contribution in [-0.2, 0) is 208 Å². The van der Waals surface area contributed by atoms with Gasteiger partial charge in [-0.1, -0.05) is 0 Å². The second-order valence-corrected chi connectivity index (χ2v) is 27.1. The third-order valence-electron chi connectivity index (χ3n) is 16.3. The van der Waals surface area contributed by atoms with Gasteiger partial charge in [-0.3, -0.25) is 0 Å². The van der Waals surface area contributed by atoms with E-state index in [4.69, 9.17) is 214 Å². The molecule has 0 aromatic carbocycles. The second-order valence-electron chi connectivity index (χ2n) is 27.1. The van der Waals surface area contributed by atoms with Crippen molar-refractivity contribution >= 4 is 0 Å². The lowest BCUT2D eigenvalue weighted by Gasteiger charge is -2.09. The predicted molar refractivity (Wildman–Crippen MR) is 486 cm³/mol. The smallest absolute Gasteiger partial charge is 0.0701 e. The van der Waals surface area contributed by atoms with Gasteiger partial charge in [-0.25, -0.2) is 0 Å². The molecule has 0 aromatic rings. The van der Waals surface area contributed by atoms with Gasteiger partial charge in [0.05, 0.1) is 575 Å². The zero-order valence-electron chi connectivity index (χ0n) is 81.8. The molecule has 0 aliphatic rings. The van der Waals surface area contributed by atoms with Crippen molar-refractivity contribution in [1.82, 2.24) is 0 Å². The third-order valence-corrected chi connectivity index (χ3v) is 16.3. The molecule has 45 heteroatoms. The van der Waals surface area contributed by atoms with Crippen LogP contribution in [0.2, 0.25) is 0 Å². The molecule has 0 fully saturated rings. The Kier molecular flexibility index (Phi) is 129. The van der Waals surface area contributed by atoms with Gasteiger partial charge in [0.1, 0.15) is 0 Å². The molecule has 0 unspecified atom stereocenters. The van der Waals surface area contributed by atoms with E-state index in [9.17, 15) is 0 Å². The number of hydrogen-bond donors (Lipinski definition) is 1. The molecule has 0 radical (unpaired) electrons. The first kappa shape index (κ1) is 132. The average Bonchev–Trinajstić information content (AvgIpc) is 1.13. The molecular formula is C89H181NO44. The van der Waals surface area contributed by atoms with Crippen LogP contribution in [0.5, 0.6) is 0 Å². The molecule has 0 saturated heterocycles. The highest BCUT2D eigenvalue weighted by atomic mass is 16.7. The van der Waals surface area contributed by atoms with E-state index in [1.165, 1.54) is 0 Å². The molecule has 2 N–H and O–H groups in total. The number of nitrogens with two attached hydrogens (primary N) is 1. The van der Waals surface area contributed by atoms with Gasteiger partial charge in [0.25, 0.3) is 0 Å². The van der Waals surface area contributed by atoms with Crippen molar-refractivity contribution in [3.05, 3.63) is 0 Å². The summed E-state index contributed by atoms with van der Waals surface area (Å²) in [6.45, 7) is 43.0. The minimum atomic E-state index is 0.473. The Morgan fingerprint density at radius 1 is 0.0746 bits per heavy atom. The van der Waals surface area contributed by atoms with Crippen LogP contribution in [0.1, 0.15) is 0 Å². The highest BCUT2D eigenvalue weighted by molar-refractivity contribution is 4.49. The quantitative estimate of drug-likeness (QED) is 0.0800. The normalized spacial score (nSPS) is 11.9. The molecule has 0 saturated carbocycles. The zero-order valence-corrected chi connectivity index (χ0v) is 81.8. The van der Waals surface area contributed by atoms with E-state index in [1.807, 2.05) is 0 Å². The van der Waals surface area contributed by atoms with Crippen molar-refractivity contribution in [1.29, 1.82) is 0 Å². The van der Waals surface area contributed by atoms with Crippen LogP contribution in [0, 0.1) is 0 Å².